The van der Waals surface area contributed by atoms with Gasteiger partial charge in [0.25, 0.3) is 11.6 Å². The lowest BCUT2D eigenvalue weighted by atomic mass is 10.0. The van der Waals surface area contributed by atoms with Gasteiger partial charge in [0, 0.05) is 12.1 Å². The van der Waals surface area contributed by atoms with Crippen molar-refractivity contribution in [2.45, 2.75) is 58.4 Å². The van der Waals surface area contributed by atoms with Crippen LogP contribution >= 0.6 is 0 Å². The molecule has 0 saturated carbocycles. The number of amides is 1. The van der Waals surface area contributed by atoms with Crippen LogP contribution in [-0.2, 0) is 4.79 Å². The molecule has 0 saturated heterocycles. The van der Waals surface area contributed by atoms with E-state index in [9.17, 15) is 23.1 Å². The third kappa shape index (κ3) is 4.17. The van der Waals surface area contributed by atoms with Crippen LogP contribution in [0.15, 0.2) is 23.3 Å². The summed E-state index contributed by atoms with van der Waals surface area (Å²) in [5, 5.41) is 14.0. The summed E-state index contributed by atoms with van der Waals surface area (Å²) in [7, 11) is 0. The van der Waals surface area contributed by atoms with Crippen molar-refractivity contribution in [1.29, 1.82) is 0 Å². The topological polar surface area (TPSA) is 62.1 Å². The van der Waals surface area contributed by atoms with E-state index >= 15 is 0 Å². The summed E-state index contributed by atoms with van der Waals surface area (Å²) in [4.78, 5) is 12.3. The number of ether oxygens (including phenoxy) is 1. The molecule has 1 aromatic carbocycles. The molecule has 5 nitrogen and oxygen atoms in total. The summed E-state index contributed by atoms with van der Waals surface area (Å²) in [5.41, 5.74) is -1.20. The van der Waals surface area contributed by atoms with Crippen LogP contribution in [0.2, 0.25) is 0 Å². The first kappa shape index (κ1) is 20.2. The van der Waals surface area contributed by atoms with E-state index in [0.29, 0.717) is 18.6 Å². The van der Waals surface area contributed by atoms with Gasteiger partial charge in [-0.15, -0.1) is 0 Å². The van der Waals surface area contributed by atoms with E-state index in [0.717, 1.165) is 17.5 Å². The maximum absolute atomic E-state index is 13.4. The number of carbonyl (C=O) groups is 1. The van der Waals surface area contributed by atoms with Crippen molar-refractivity contribution in [1.82, 2.24) is 5.01 Å². The van der Waals surface area contributed by atoms with Gasteiger partial charge in [0.15, 0.2) is 6.61 Å². The number of benzene rings is 1. The highest BCUT2D eigenvalue weighted by Gasteiger charge is 2.63. The van der Waals surface area contributed by atoms with Gasteiger partial charge in [0.2, 0.25) is 0 Å². The van der Waals surface area contributed by atoms with Crippen molar-refractivity contribution in [3.05, 3.63) is 29.3 Å². The summed E-state index contributed by atoms with van der Waals surface area (Å²) in [6.45, 7) is 5.01. The molecule has 1 aromatic rings. The fraction of sp³-hybridized carbons (Fsp3) is 0.556. The SMILES string of the molecule is CCCCC1=NN(C(=O)COc2ccc(C)c(C)c2)[C@@](O)(C(F)(F)F)C1. The first-order valence-corrected chi connectivity index (χ1v) is 8.47. The van der Waals surface area contributed by atoms with Gasteiger partial charge < -0.3 is 9.84 Å². The Morgan fingerprint density at radius 3 is 2.62 bits per heavy atom. The van der Waals surface area contributed by atoms with Crippen LogP contribution in [0.3, 0.4) is 0 Å². The number of aryl methyl sites for hydroxylation is 2. The van der Waals surface area contributed by atoms with Gasteiger partial charge in [-0.25, -0.2) is 0 Å². The van der Waals surface area contributed by atoms with E-state index in [2.05, 4.69) is 5.10 Å². The van der Waals surface area contributed by atoms with Crippen LogP contribution in [0.25, 0.3) is 0 Å². The fourth-order valence-electron chi connectivity index (χ4n) is 2.63. The molecule has 0 bridgehead atoms. The Balaban J connectivity index is 2.14. The molecule has 0 spiro atoms. The normalized spacial score (nSPS) is 20.3. The van der Waals surface area contributed by atoms with E-state index in [1.54, 1.807) is 18.2 Å². The van der Waals surface area contributed by atoms with Gasteiger partial charge in [0.05, 0.1) is 0 Å². The molecule has 0 radical (unpaired) electrons. The van der Waals surface area contributed by atoms with Crippen LogP contribution in [0, 0.1) is 13.8 Å². The second-order valence-electron chi connectivity index (χ2n) is 6.50. The van der Waals surface area contributed by atoms with Crippen molar-refractivity contribution in [3.63, 3.8) is 0 Å². The zero-order valence-corrected chi connectivity index (χ0v) is 15.1. The smallest absolute Gasteiger partial charge is 0.438 e. The Bertz CT molecular complexity index is 703. The Morgan fingerprint density at radius 2 is 2.04 bits per heavy atom. The first-order valence-electron chi connectivity index (χ1n) is 8.47. The molecule has 1 aliphatic heterocycles. The molecule has 1 amide bonds. The van der Waals surface area contributed by atoms with Gasteiger partial charge in [-0.3, -0.25) is 4.79 Å². The maximum atomic E-state index is 13.4. The van der Waals surface area contributed by atoms with Crippen LogP contribution in [0.1, 0.15) is 43.7 Å². The highest BCUT2D eigenvalue weighted by atomic mass is 19.4. The van der Waals surface area contributed by atoms with Crippen molar-refractivity contribution in [2.75, 3.05) is 6.61 Å². The van der Waals surface area contributed by atoms with Gasteiger partial charge >= 0.3 is 6.18 Å². The van der Waals surface area contributed by atoms with E-state index < -0.39 is 30.8 Å². The highest BCUT2D eigenvalue weighted by molar-refractivity contribution is 5.91. The molecule has 26 heavy (non-hydrogen) atoms. The minimum Gasteiger partial charge on any atom is -0.484 e. The molecule has 0 fully saturated rings. The number of hydrazone groups is 1. The largest absolute Gasteiger partial charge is 0.484 e. The summed E-state index contributed by atoms with van der Waals surface area (Å²) >= 11 is 0. The molecule has 1 atom stereocenters. The Morgan fingerprint density at radius 1 is 1.35 bits per heavy atom. The molecule has 2 rings (SSSR count). The van der Waals surface area contributed by atoms with E-state index in [1.807, 2.05) is 20.8 Å². The number of aliphatic hydroxyl groups is 1. The monoisotopic (exact) mass is 372 g/mol. The molecule has 0 aliphatic carbocycles. The van der Waals surface area contributed by atoms with Gasteiger partial charge in [-0.1, -0.05) is 19.4 Å². The Labute approximate surface area is 150 Å². The number of nitrogens with zero attached hydrogens (tertiary/aromatic N) is 2. The number of carbonyl (C=O) groups excluding carboxylic acids is 1. The van der Waals surface area contributed by atoms with E-state index in [1.165, 1.54) is 0 Å². The van der Waals surface area contributed by atoms with Gasteiger partial charge in [0.1, 0.15) is 5.75 Å². The minimum atomic E-state index is -5.01. The maximum Gasteiger partial charge on any atom is 0.438 e. The lowest BCUT2D eigenvalue weighted by Gasteiger charge is -2.32. The minimum absolute atomic E-state index is 0.124. The predicted molar refractivity (Wildman–Crippen MR) is 90.8 cm³/mol. The third-order valence-electron chi connectivity index (χ3n) is 4.39. The molecule has 1 heterocycles. The molecule has 1 aliphatic rings. The lowest BCUT2D eigenvalue weighted by molar-refractivity contribution is -0.302. The zero-order chi connectivity index (χ0) is 19.5. The Hall–Kier alpha value is -2.09. The lowest BCUT2D eigenvalue weighted by Crippen LogP contribution is -2.57. The summed E-state index contributed by atoms with van der Waals surface area (Å²) < 4.78 is 45.4. The van der Waals surface area contributed by atoms with Crippen molar-refractivity contribution >= 4 is 11.6 Å². The number of rotatable bonds is 6. The summed E-state index contributed by atoms with van der Waals surface area (Å²) in [5.74, 6) is -0.680. The second-order valence-corrected chi connectivity index (χ2v) is 6.50. The van der Waals surface area contributed by atoms with Crippen molar-refractivity contribution in [3.8, 4) is 5.75 Å². The molecular weight excluding hydrogens is 349 g/mol. The van der Waals surface area contributed by atoms with Gasteiger partial charge in [-0.05, 0) is 49.9 Å². The molecule has 0 unspecified atom stereocenters. The fourth-order valence-corrected chi connectivity index (χ4v) is 2.63. The van der Waals surface area contributed by atoms with Crippen molar-refractivity contribution < 1.29 is 27.8 Å². The second kappa shape index (κ2) is 7.65. The number of hydrogen-bond acceptors (Lipinski definition) is 4. The average Bonchev–Trinajstić information content (AvgIpc) is 2.92. The first-order chi connectivity index (χ1) is 12.1. The molecule has 144 valence electrons. The number of alkyl halides is 3. The molecule has 8 heteroatoms. The molecule has 0 aromatic heterocycles. The standard InChI is InChI=1S/C18H23F3N2O3/c1-4-5-6-14-10-17(25,18(19,20)21)23(22-14)16(24)11-26-15-8-7-12(2)13(3)9-15/h7-9,25H,4-6,10-11H2,1-3H3/t17-/m0/s1. The summed E-state index contributed by atoms with van der Waals surface area (Å²) in [6.07, 6.45) is -4.04. The quantitative estimate of drug-likeness (QED) is 0.828. The van der Waals surface area contributed by atoms with E-state index in [4.69, 9.17) is 4.74 Å². The zero-order valence-electron chi connectivity index (χ0n) is 15.1. The van der Waals surface area contributed by atoms with Crippen LogP contribution < -0.4 is 4.74 Å². The summed E-state index contributed by atoms with van der Waals surface area (Å²) in [6, 6.07) is 5.11. The molecular formula is C18H23F3N2O3. The third-order valence-corrected chi connectivity index (χ3v) is 4.39. The van der Waals surface area contributed by atoms with Crippen molar-refractivity contribution in [2.24, 2.45) is 5.10 Å². The highest BCUT2D eigenvalue weighted by Crippen LogP contribution is 2.41. The number of hydrogen-bond donors (Lipinski definition) is 1. The predicted octanol–water partition coefficient (Wildman–Crippen LogP) is 3.71. The van der Waals surface area contributed by atoms with Crippen LogP contribution in [-0.4, -0.2) is 40.2 Å². The van der Waals surface area contributed by atoms with Gasteiger partial charge in [-0.2, -0.15) is 23.3 Å². The van der Waals surface area contributed by atoms with Crippen LogP contribution in [0.5, 0.6) is 5.75 Å². The van der Waals surface area contributed by atoms with Crippen LogP contribution in [0.4, 0.5) is 13.2 Å². The molecule has 1 N–H and O–H groups in total. The number of unbranched alkanes of at least 4 members (excludes halogenated alkanes) is 1. The average molecular weight is 372 g/mol. The number of halogens is 3. The van der Waals surface area contributed by atoms with E-state index in [-0.39, 0.29) is 10.7 Å². The Kier molecular flexibility index (Phi) is 5.95.